The summed E-state index contributed by atoms with van der Waals surface area (Å²) in [5.74, 6) is 1.31. The van der Waals surface area contributed by atoms with Crippen LogP contribution in [0.15, 0.2) is 24.5 Å². The van der Waals surface area contributed by atoms with Crippen molar-refractivity contribution in [2.24, 2.45) is 0 Å². The van der Waals surface area contributed by atoms with Crippen LogP contribution in [0, 0.1) is 0 Å². The number of H-pyrrole nitrogens is 1. The van der Waals surface area contributed by atoms with Crippen molar-refractivity contribution in [1.82, 2.24) is 15.3 Å². The normalized spacial score (nSPS) is 10.6. The Labute approximate surface area is 110 Å². The highest BCUT2D eigenvalue weighted by atomic mass is 35.5. The van der Waals surface area contributed by atoms with Gasteiger partial charge >= 0.3 is 0 Å². The largest absolute Gasteiger partial charge is 0.504 e. The topological polar surface area (TPSA) is 70.2 Å². The molecule has 0 aliphatic rings. The van der Waals surface area contributed by atoms with Gasteiger partial charge < -0.3 is 20.1 Å². The van der Waals surface area contributed by atoms with Crippen molar-refractivity contribution in [3.05, 3.63) is 40.9 Å². The average molecular weight is 268 g/mol. The molecule has 0 amide bonds. The number of nitrogens with one attached hydrogen (secondary N) is 2. The number of phenols is 1. The Bertz CT molecular complexity index is 514. The first-order chi connectivity index (χ1) is 8.70. The van der Waals surface area contributed by atoms with Crippen LogP contribution in [0.5, 0.6) is 11.5 Å². The highest BCUT2D eigenvalue weighted by molar-refractivity contribution is 6.30. The third-order valence-electron chi connectivity index (χ3n) is 2.50. The molecule has 0 aliphatic carbocycles. The minimum absolute atomic E-state index is 0.105. The van der Waals surface area contributed by atoms with Crippen molar-refractivity contribution in [2.45, 2.75) is 13.1 Å². The number of ether oxygens (including phenoxy) is 1. The zero-order chi connectivity index (χ0) is 13.0. The number of phenolic OH excluding ortho intramolecular Hbond substituents is 1. The molecular formula is C12H14ClN3O2. The van der Waals surface area contributed by atoms with E-state index < -0.39 is 0 Å². The third-order valence-corrected chi connectivity index (χ3v) is 2.72. The van der Waals surface area contributed by atoms with Crippen molar-refractivity contribution < 1.29 is 9.84 Å². The van der Waals surface area contributed by atoms with Crippen LogP contribution in [0.1, 0.15) is 11.4 Å². The smallest absolute Gasteiger partial charge is 0.162 e. The molecule has 0 aliphatic heterocycles. The van der Waals surface area contributed by atoms with E-state index in [0.717, 1.165) is 5.82 Å². The van der Waals surface area contributed by atoms with Gasteiger partial charge in [0.25, 0.3) is 0 Å². The molecule has 5 nitrogen and oxygen atoms in total. The Hall–Kier alpha value is -1.72. The lowest BCUT2D eigenvalue weighted by Gasteiger charge is -2.10. The molecule has 1 aromatic heterocycles. The molecule has 6 heteroatoms. The summed E-state index contributed by atoms with van der Waals surface area (Å²) in [5.41, 5.74) is 0.686. The van der Waals surface area contributed by atoms with Crippen molar-refractivity contribution >= 4 is 11.6 Å². The summed E-state index contributed by atoms with van der Waals surface area (Å²) in [4.78, 5) is 7.07. The minimum Gasteiger partial charge on any atom is -0.504 e. The monoisotopic (exact) mass is 267 g/mol. The SMILES string of the molecule is COc1cc(Cl)cc(CNCc2ncc[nH]2)c1O. The summed E-state index contributed by atoms with van der Waals surface area (Å²) in [5, 5.41) is 13.6. The second-order valence-corrected chi connectivity index (χ2v) is 4.19. The Morgan fingerprint density at radius 1 is 1.44 bits per heavy atom. The maximum absolute atomic E-state index is 9.92. The molecule has 2 aromatic rings. The lowest BCUT2D eigenvalue weighted by molar-refractivity contribution is 0.369. The van der Waals surface area contributed by atoms with E-state index in [1.807, 2.05) is 0 Å². The molecule has 0 bridgehead atoms. The third kappa shape index (κ3) is 2.94. The highest BCUT2D eigenvalue weighted by Crippen LogP contribution is 2.33. The van der Waals surface area contributed by atoms with Crippen LogP contribution in [0.3, 0.4) is 0 Å². The number of hydrogen-bond acceptors (Lipinski definition) is 4. The highest BCUT2D eigenvalue weighted by Gasteiger charge is 2.09. The standard InChI is InChI=1S/C12H14ClN3O2/c1-18-10-5-9(13)4-8(12(10)17)6-14-7-11-15-2-3-16-11/h2-5,14,17H,6-7H2,1H3,(H,15,16). The van der Waals surface area contributed by atoms with Gasteiger partial charge in [0.2, 0.25) is 0 Å². The fraction of sp³-hybridized carbons (Fsp3) is 0.250. The van der Waals surface area contributed by atoms with Gasteiger partial charge in [-0.15, -0.1) is 0 Å². The van der Waals surface area contributed by atoms with E-state index in [9.17, 15) is 5.11 Å². The van der Waals surface area contributed by atoms with Crippen LogP contribution in [-0.4, -0.2) is 22.2 Å². The number of hydrogen-bond donors (Lipinski definition) is 3. The lowest BCUT2D eigenvalue weighted by Crippen LogP contribution is -2.14. The molecule has 18 heavy (non-hydrogen) atoms. The number of aromatic amines is 1. The zero-order valence-corrected chi connectivity index (χ0v) is 10.7. The van der Waals surface area contributed by atoms with Crippen molar-refractivity contribution in [1.29, 1.82) is 0 Å². The molecule has 0 atom stereocenters. The van der Waals surface area contributed by atoms with Crippen LogP contribution in [0.25, 0.3) is 0 Å². The van der Waals surface area contributed by atoms with Crippen molar-refractivity contribution in [3.63, 3.8) is 0 Å². The Morgan fingerprint density at radius 2 is 2.28 bits per heavy atom. The summed E-state index contributed by atoms with van der Waals surface area (Å²) >= 11 is 5.94. The van der Waals surface area contributed by atoms with Gasteiger partial charge in [0.15, 0.2) is 11.5 Å². The number of methoxy groups -OCH3 is 1. The summed E-state index contributed by atoms with van der Waals surface area (Å²) < 4.78 is 5.04. The fourth-order valence-electron chi connectivity index (χ4n) is 1.63. The number of rotatable bonds is 5. The Morgan fingerprint density at radius 3 is 2.94 bits per heavy atom. The van der Waals surface area contributed by atoms with Gasteiger partial charge in [-0.25, -0.2) is 4.98 Å². The molecule has 2 rings (SSSR count). The Kier molecular flexibility index (Phi) is 4.07. The fourth-order valence-corrected chi connectivity index (χ4v) is 1.86. The molecular weight excluding hydrogens is 254 g/mol. The predicted octanol–water partition coefficient (Wildman–Crippen LogP) is 2.07. The summed E-state index contributed by atoms with van der Waals surface area (Å²) in [6.45, 7) is 1.06. The molecule has 1 aromatic carbocycles. The predicted molar refractivity (Wildman–Crippen MR) is 68.8 cm³/mol. The van der Waals surface area contributed by atoms with Crippen molar-refractivity contribution in [2.75, 3.05) is 7.11 Å². The van der Waals surface area contributed by atoms with E-state index in [1.54, 1.807) is 24.5 Å². The molecule has 0 spiro atoms. The second-order valence-electron chi connectivity index (χ2n) is 3.76. The van der Waals surface area contributed by atoms with Crippen molar-refractivity contribution in [3.8, 4) is 11.5 Å². The molecule has 0 unspecified atom stereocenters. The van der Waals surface area contributed by atoms with Gasteiger partial charge in [-0.3, -0.25) is 0 Å². The number of imidazole rings is 1. The van der Waals surface area contributed by atoms with E-state index in [2.05, 4.69) is 15.3 Å². The molecule has 3 N–H and O–H groups in total. The zero-order valence-electron chi connectivity index (χ0n) is 9.90. The summed E-state index contributed by atoms with van der Waals surface area (Å²) in [6.07, 6.45) is 3.45. The van der Waals surface area contributed by atoms with Crippen LogP contribution in [-0.2, 0) is 13.1 Å². The second kappa shape index (κ2) is 5.75. The summed E-state index contributed by atoms with van der Waals surface area (Å²) in [7, 11) is 1.49. The molecule has 96 valence electrons. The number of nitrogens with zero attached hydrogens (tertiary/aromatic N) is 1. The molecule has 0 fully saturated rings. The summed E-state index contributed by atoms with van der Waals surface area (Å²) in [6, 6.07) is 3.28. The maximum atomic E-state index is 9.92. The van der Waals surface area contributed by atoms with Gasteiger partial charge in [0.05, 0.1) is 13.7 Å². The molecule has 0 radical (unpaired) electrons. The van der Waals surface area contributed by atoms with Gasteiger partial charge in [-0.05, 0) is 6.07 Å². The van der Waals surface area contributed by atoms with E-state index in [0.29, 0.717) is 29.4 Å². The number of aromatic nitrogens is 2. The van der Waals surface area contributed by atoms with Gasteiger partial charge in [0.1, 0.15) is 5.82 Å². The van der Waals surface area contributed by atoms with E-state index in [1.165, 1.54) is 7.11 Å². The Balaban J connectivity index is 2.02. The average Bonchev–Trinajstić information content (AvgIpc) is 2.86. The van der Waals surface area contributed by atoms with Gasteiger partial charge in [0, 0.05) is 35.6 Å². The van der Waals surface area contributed by atoms with E-state index in [-0.39, 0.29) is 5.75 Å². The molecule has 0 saturated carbocycles. The van der Waals surface area contributed by atoms with Crippen LogP contribution < -0.4 is 10.1 Å². The first kappa shape index (κ1) is 12.7. The van der Waals surface area contributed by atoms with E-state index in [4.69, 9.17) is 16.3 Å². The van der Waals surface area contributed by atoms with E-state index >= 15 is 0 Å². The van der Waals surface area contributed by atoms with Crippen LogP contribution in [0.2, 0.25) is 5.02 Å². The number of benzene rings is 1. The van der Waals surface area contributed by atoms with Gasteiger partial charge in [-0.2, -0.15) is 0 Å². The van der Waals surface area contributed by atoms with Crippen LogP contribution in [0.4, 0.5) is 0 Å². The molecule has 1 heterocycles. The number of halogens is 1. The lowest BCUT2D eigenvalue weighted by atomic mass is 10.2. The van der Waals surface area contributed by atoms with Gasteiger partial charge in [-0.1, -0.05) is 11.6 Å². The maximum Gasteiger partial charge on any atom is 0.162 e. The minimum atomic E-state index is 0.105. The number of aromatic hydroxyl groups is 1. The first-order valence-electron chi connectivity index (χ1n) is 5.45. The first-order valence-corrected chi connectivity index (χ1v) is 5.83. The quantitative estimate of drug-likeness (QED) is 0.776. The molecule has 0 saturated heterocycles. The van der Waals surface area contributed by atoms with Crippen LogP contribution >= 0.6 is 11.6 Å².